The summed E-state index contributed by atoms with van der Waals surface area (Å²) in [6.07, 6.45) is 3.26. The van der Waals surface area contributed by atoms with Gasteiger partial charge in [-0.15, -0.1) is 0 Å². The highest BCUT2D eigenvalue weighted by molar-refractivity contribution is 14.1. The van der Waals surface area contributed by atoms with Gasteiger partial charge in [0.1, 0.15) is 5.69 Å². The van der Waals surface area contributed by atoms with Crippen LogP contribution in [0.4, 0.5) is 5.69 Å². The number of carbonyl (C=O) groups is 2. The molecule has 0 unspecified atom stereocenters. The molecule has 0 radical (unpaired) electrons. The third kappa shape index (κ3) is 3.68. The highest BCUT2D eigenvalue weighted by Gasteiger charge is 2.27. The minimum Gasteiger partial charge on any atom is -0.378 e. The minimum atomic E-state index is -0.364. The van der Waals surface area contributed by atoms with Crippen LogP contribution in [0.1, 0.15) is 27.9 Å². The molecule has 1 N–H and O–H groups in total. The van der Waals surface area contributed by atoms with Crippen molar-refractivity contribution >= 4 is 40.1 Å². The molecule has 1 fully saturated rings. The fourth-order valence-electron chi connectivity index (χ4n) is 2.65. The van der Waals surface area contributed by atoms with E-state index in [2.05, 4.69) is 38.1 Å². The van der Waals surface area contributed by atoms with Crippen molar-refractivity contribution in [3.05, 3.63) is 27.4 Å². The zero-order chi connectivity index (χ0) is 18.0. The molecule has 0 bridgehead atoms. The summed E-state index contributed by atoms with van der Waals surface area (Å²) >= 11 is 2.05. The van der Waals surface area contributed by atoms with E-state index in [9.17, 15) is 9.59 Å². The van der Waals surface area contributed by atoms with Crippen LogP contribution >= 0.6 is 22.6 Å². The lowest BCUT2D eigenvalue weighted by Gasteiger charge is -2.27. The van der Waals surface area contributed by atoms with Gasteiger partial charge in [0.15, 0.2) is 5.69 Å². The summed E-state index contributed by atoms with van der Waals surface area (Å²) in [6.45, 7) is 4.51. The Morgan fingerprint density at radius 3 is 2.68 bits per heavy atom. The van der Waals surface area contributed by atoms with E-state index in [1.54, 1.807) is 27.5 Å². The minimum absolute atomic E-state index is 0.159. The lowest BCUT2D eigenvalue weighted by molar-refractivity contribution is 0.0295. The zero-order valence-corrected chi connectivity index (χ0v) is 16.2. The molecule has 2 aromatic rings. The van der Waals surface area contributed by atoms with Gasteiger partial charge >= 0.3 is 0 Å². The molecular weight excluding hydrogens is 439 g/mol. The van der Waals surface area contributed by atoms with Crippen molar-refractivity contribution in [3.63, 3.8) is 0 Å². The van der Waals surface area contributed by atoms with E-state index in [0.717, 1.165) is 3.57 Å². The van der Waals surface area contributed by atoms with Crippen LogP contribution in [0.5, 0.6) is 0 Å². The van der Waals surface area contributed by atoms with Crippen molar-refractivity contribution in [1.82, 2.24) is 24.5 Å². The van der Waals surface area contributed by atoms with Crippen molar-refractivity contribution in [1.29, 1.82) is 0 Å². The fraction of sp³-hybridized carbons (Fsp3) is 0.467. The smallest absolute Gasteiger partial charge is 0.277 e. The second-order valence-electron chi connectivity index (χ2n) is 5.58. The van der Waals surface area contributed by atoms with E-state index in [4.69, 9.17) is 4.74 Å². The average Bonchev–Trinajstić information content (AvgIpc) is 3.17. The Kier molecular flexibility index (Phi) is 5.37. The number of rotatable bonds is 4. The Balaban J connectivity index is 1.86. The van der Waals surface area contributed by atoms with Gasteiger partial charge < -0.3 is 15.0 Å². The van der Waals surface area contributed by atoms with E-state index in [1.165, 1.54) is 6.20 Å². The third-order valence-corrected chi connectivity index (χ3v) is 4.68. The maximum atomic E-state index is 12.9. The highest BCUT2D eigenvalue weighted by Crippen LogP contribution is 2.20. The molecule has 2 aromatic heterocycles. The van der Waals surface area contributed by atoms with Gasteiger partial charge in [-0.2, -0.15) is 10.2 Å². The third-order valence-electron chi connectivity index (χ3n) is 3.89. The number of aromatic nitrogens is 4. The largest absolute Gasteiger partial charge is 0.378 e. The van der Waals surface area contributed by atoms with Crippen LogP contribution in [0.2, 0.25) is 0 Å². The fourth-order valence-corrected chi connectivity index (χ4v) is 3.41. The predicted molar refractivity (Wildman–Crippen MR) is 98.5 cm³/mol. The van der Waals surface area contributed by atoms with Gasteiger partial charge in [-0.3, -0.25) is 19.0 Å². The van der Waals surface area contributed by atoms with Crippen LogP contribution in [0, 0.1) is 3.57 Å². The van der Waals surface area contributed by atoms with Crippen molar-refractivity contribution in [2.24, 2.45) is 7.05 Å². The molecule has 1 aliphatic heterocycles. The first kappa shape index (κ1) is 17.9. The molecule has 134 valence electrons. The Morgan fingerprint density at radius 2 is 2.08 bits per heavy atom. The molecule has 1 aliphatic rings. The number of ether oxygens (including phenoxy) is 1. The van der Waals surface area contributed by atoms with E-state index in [0.29, 0.717) is 49.9 Å². The molecule has 25 heavy (non-hydrogen) atoms. The predicted octanol–water partition coefficient (Wildman–Crippen LogP) is 0.966. The molecule has 9 nitrogen and oxygen atoms in total. The summed E-state index contributed by atoms with van der Waals surface area (Å²) < 4.78 is 9.20. The number of aryl methyl sites for hydroxylation is 2. The first-order chi connectivity index (χ1) is 12.0. The molecular formula is C15H19IN6O3. The van der Waals surface area contributed by atoms with E-state index >= 15 is 0 Å². The molecule has 3 rings (SSSR count). The number of nitrogens with one attached hydrogen (secondary N) is 1. The number of halogens is 1. The standard InChI is InChI=1S/C15H19IN6O3/c1-3-22-13(15(24)21-4-6-25-7-5-21)11(8-17-22)18-14(23)12-10(16)9-20(2)19-12/h8-9H,3-7H2,1-2H3,(H,18,23). The van der Waals surface area contributed by atoms with E-state index in [1.807, 2.05) is 6.92 Å². The molecule has 3 heterocycles. The first-order valence-electron chi connectivity index (χ1n) is 7.94. The normalized spacial score (nSPS) is 14.6. The van der Waals surface area contributed by atoms with Crippen molar-refractivity contribution in [2.45, 2.75) is 13.5 Å². The van der Waals surface area contributed by atoms with E-state index < -0.39 is 0 Å². The maximum absolute atomic E-state index is 12.9. The quantitative estimate of drug-likeness (QED) is 0.690. The Hall–Kier alpha value is -1.95. The number of amides is 2. The summed E-state index contributed by atoms with van der Waals surface area (Å²) in [5, 5.41) is 11.2. The highest BCUT2D eigenvalue weighted by atomic mass is 127. The molecule has 0 spiro atoms. The lowest BCUT2D eigenvalue weighted by atomic mass is 10.2. The number of carbonyl (C=O) groups excluding carboxylic acids is 2. The van der Waals surface area contributed by atoms with Gasteiger partial charge in [0.05, 0.1) is 28.7 Å². The van der Waals surface area contributed by atoms with Crippen LogP contribution in [0.3, 0.4) is 0 Å². The Bertz CT molecular complexity index is 793. The molecule has 1 saturated heterocycles. The topological polar surface area (TPSA) is 94.3 Å². The molecule has 10 heteroatoms. The number of hydrogen-bond acceptors (Lipinski definition) is 5. The summed E-state index contributed by atoms with van der Waals surface area (Å²) in [5.74, 6) is -0.523. The van der Waals surface area contributed by atoms with Gasteiger partial charge in [-0.05, 0) is 29.5 Å². The summed E-state index contributed by atoms with van der Waals surface area (Å²) in [5.41, 5.74) is 1.09. The van der Waals surface area contributed by atoms with Crippen LogP contribution < -0.4 is 5.32 Å². The van der Waals surface area contributed by atoms with E-state index in [-0.39, 0.29) is 11.8 Å². The first-order valence-corrected chi connectivity index (χ1v) is 9.02. The van der Waals surface area contributed by atoms with Crippen LogP contribution in [-0.2, 0) is 18.3 Å². The number of morpholine rings is 1. The second-order valence-corrected chi connectivity index (χ2v) is 6.74. The van der Waals surface area contributed by atoms with Gasteiger partial charge in [-0.25, -0.2) is 0 Å². The summed E-state index contributed by atoms with van der Waals surface area (Å²) in [6, 6.07) is 0. The monoisotopic (exact) mass is 458 g/mol. The SMILES string of the molecule is CCn1ncc(NC(=O)c2nn(C)cc2I)c1C(=O)N1CCOCC1. The zero-order valence-electron chi connectivity index (χ0n) is 14.0. The Morgan fingerprint density at radius 1 is 1.36 bits per heavy atom. The lowest BCUT2D eigenvalue weighted by Crippen LogP contribution is -2.41. The van der Waals surface area contributed by atoms with Crippen molar-refractivity contribution in [2.75, 3.05) is 31.6 Å². The second kappa shape index (κ2) is 7.52. The number of nitrogens with zero attached hydrogens (tertiary/aromatic N) is 5. The number of anilines is 1. The van der Waals surface area contributed by atoms with Crippen molar-refractivity contribution in [3.8, 4) is 0 Å². The maximum Gasteiger partial charge on any atom is 0.277 e. The number of hydrogen-bond donors (Lipinski definition) is 1. The van der Waals surface area contributed by atoms with Gasteiger partial charge in [0, 0.05) is 32.9 Å². The molecule has 0 saturated carbocycles. The van der Waals surface area contributed by atoms with Gasteiger partial charge in [0.25, 0.3) is 11.8 Å². The van der Waals surface area contributed by atoms with Crippen LogP contribution in [0.15, 0.2) is 12.4 Å². The summed E-state index contributed by atoms with van der Waals surface area (Å²) in [4.78, 5) is 27.1. The average molecular weight is 458 g/mol. The molecule has 0 aliphatic carbocycles. The van der Waals surface area contributed by atoms with Crippen molar-refractivity contribution < 1.29 is 14.3 Å². The molecule has 0 aromatic carbocycles. The summed E-state index contributed by atoms with van der Waals surface area (Å²) in [7, 11) is 1.75. The molecule has 2 amide bonds. The van der Waals surface area contributed by atoms with Crippen LogP contribution in [0.25, 0.3) is 0 Å². The van der Waals surface area contributed by atoms with Gasteiger partial charge in [-0.1, -0.05) is 0 Å². The van der Waals surface area contributed by atoms with Gasteiger partial charge in [0.2, 0.25) is 0 Å². The molecule has 0 atom stereocenters. The van der Waals surface area contributed by atoms with Crippen LogP contribution in [-0.4, -0.2) is 62.6 Å². The Labute approximate surface area is 158 Å².